The van der Waals surface area contributed by atoms with Crippen molar-refractivity contribution in [1.29, 1.82) is 0 Å². The molecule has 2 fully saturated rings. The number of nitrogens with one attached hydrogen (secondary N) is 2. The predicted molar refractivity (Wildman–Crippen MR) is 68.0 cm³/mol. The number of aromatic amines is 1. The molecular weight excluding hydrogens is 252 g/mol. The van der Waals surface area contributed by atoms with Crippen molar-refractivity contribution in [1.82, 2.24) is 20.2 Å². The minimum atomic E-state index is -2.88. The number of aromatic nitrogens is 2. The van der Waals surface area contributed by atoms with E-state index in [2.05, 4.69) is 20.2 Å². The highest BCUT2D eigenvalue weighted by Gasteiger charge is 2.42. The van der Waals surface area contributed by atoms with Gasteiger partial charge in [0.2, 0.25) is 0 Å². The molecule has 6 nitrogen and oxygen atoms in total. The summed E-state index contributed by atoms with van der Waals surface area (Å²) in [6.45, 7) is 4.45. The lowest BCUT2D eigenvalue weighted by molar-refractivity contribution is 0.139. The van der Waals surface area contributed by atoms with Gasteiger partial charge in [0.15, 0.2) is 9.84 Å². The van der Waals surface area contributed by atoms with Crippen molar-refractivity contribution in [2.45, 2.75) is 25.6 Å². The van der Waals surface area contributed by atoms with Crippen molar-refractivity contribution in [3.05, 3.63) is 17.7 Å². The van der Waals surface area contributed by atoms with E-state index in [0.717, 1.165) is 31.0 Å². The van der Waals surface area contributed by atoms with Gasteiger partial charge in [-0.15, -0.1) is 0 Å². The van der Waals surface area contributed by atoms with Gasteiger partial charge in [-0.3, -0.25) is 4.90 Å². The molecule has 3 rings (SSSR count). The van der Waals surface area contributed by atoms with Crippen molar-refractivity contribution >= 4 is 9.84 Å². The van der Waals surface area contributed by atoms with E-state index in [1.165, 1.54) is 0 Å². The van der Waals surface area contributed by atoms with Crippen LogP contribution >= 0.6 is 0 Å². The largest absolute Gasteiger partial charge is 0.348 e. The number of fused-ring (bicyclic) bond motifs is 1. The van der Waals surface area contributed by atoms with Crippen LogP contribution in [0.1, 0.15) is 11.4 Å². The van der Waals surface area contributed by atoms with Crippen LogP contribution in [0.5, 0.6) is 0 Å². The average molecular weight is 270 g/mol. The second kappa shape index (κ2) is 4.32. The molecule has 7 heteroatoms. The van der Waals surface area contributed by atoms with Gasteiger partial charge in [0.05, 0.1) is 23.5 Å². The number of aryl methyl sites for hydroxylation is 1. The van der Waals surface area contributed by atoms with Crippen LogP contribution in [0.15, 0.2) is 6.33 Å². The quantitative estimate of drug-likeness (QED) is 0.742. The number of H-pyrrole nitrogens is 1. The molecule has 100 valence electrons. The van der Waals surface area contributed by atoms with E-state index in [1.807, 2.05) is 6.92 Å². The maximum Gasteiger partial charge on any atom is 0.153 e. The van der Waals surface area contributed by atoms with E-state index < -0.39 is 9.84 Å². The Balaban J connectivity index is 1.78. The van der Waals surface area contributed by atoms with Crippen molar-refractivity contribution in [3.63, 3.8) is 0 Å². The Bertz CT molecular complexity index is 539. The number of nitrogens with zero attached hydrogens (tertiary/aromatic N) is 2. The average Bonchev–Trinajstić information content (AvgIpc) is 2.82. The molecule has 2 saturated heterocycles. The van der Waals surface area contributed by atoms with Crippen molar-refractivity contribution in [3.8, 4) is 0 Å². The first-order valence-corrected chi connectivity index (χ1v) is 8.04. The first kappa shape index (κ1) is 12.1. The molecular formula is C11H18N4O2S. The summed E-state index contributed by atoms with van der Waals surface area (Å²) in [5, 5.41) is 3.31. The standard InChI is InChI=1S/C11H18N4O2S/c1-8-9(14-7-13-8)4-15-3-2-12-10-5-18(16,17)6-11(10)15/h7,10-12H,2-6H2,1H3,(H,13,14)/t10-,11-/m1/s1. The van der Waals surface area contributed by atoms with Gasteiger partial charge in [-0.25, -0.2) is 13.4 Å². The Hall–Kier alpha value is -0.920. The zero-order chi connectivity index (χ0) is 12.8. The maximum absolute atomic E-state index is 11.7. The summed E-state index contributed by atoms with van der Waals surface area (Å²) in [6.07, 6.45) is 1.69. The fraction of sp³-hybridized carbons (Fsp3) is 0.727. The monoisotopic (exact) mass is 270 g/mol. The van der Waals surface area contributed by atoms with Gasteiger partial charge in [0.1, 0.15) is 0 Å². The Morgan fingerprint density at radius 3 is 3.06 bits per heavy atom. The van der Waals surface area contributed by atoms with Crippen LogP contribution in [-0.2, 0) is 16.4 Å². The topological polar surface area (TPSA) is 78.1 Å². The molecule has 2 atom stereocenters. The zero-order valence-electron chi connectivity index (χ0n) is 10.4. The number of hydrogen-bond acceptors (Lipinski definition) is 5. The van der Waals surface area contributed by atoms with Crippen molar-refractivity contribution in [2.24, 2.45) is 0 Å². The summed E-state index contributed by atoms with van der Waals surface area (Å²) in [7, 11) is -2.88. The number of sulfone groups is 1. The molecule has 1 aromatic rings. The molecule has 0 bridgehead atoms. The molecule has 2 N–H and O–H groups in total. The molecule has 2 aliphatic heterocycles. The lowest BCUT2D eigenvalue weighted by Crippen LogP contribution is -2.56. The summed E-state index contributed by atoms with van der Waals surface area (Å²) in [5.74, 6) is 0.544. The van der Waals surface area contributed by atoms with Crippen LogP contribution in [0.25, 0.3) is 0 Å². The van der Waals surface area contributed by atoms with Crippen LogP contribution in [0, 0.1) is 6.92 Å². The maximum atomic E-state index is 11.7. The predicted octanol–water partition coefficient (Wildman–Crippen LogP) is -0.711. The first-order chi connectivity index (χ1) is 8.55. The normalized spacial score (nSPS) is 31.4. The van der Waals surface area contributed by atoms with Crippen LogP contribution in [0.4, 0.5) is 0 Å². The molecule has 0 spiro atoms. The van der Waals surface area contributed by atoms with Gasteiger partial charge in [-0.2, -0.15) is 0 Å². The number of rotatable bonds is 2. The third-order valence-electron chi connectivity index (χ3n) is 3.88. The highest BCUT2D eigenvalue weighted by atomic mass is 32.2. The van der Waals surface area contributed by atoms with Gasteiger partial charge in [-0.05, 0) is 6.92 Å². The molecule has 3 heterocycles. The summed E-state index contributed by atoms with van der Waals surface area (Å²) in [5.41, 5.74) is 2.07. The Morgan fingerprint density at radius 2 is 2.33 bits per heavy atom. The fourth-order valence-corrected chi connectivity index (χ4v) is 4.87. The van der Waals surface area contributed by atoms with Crippen LogP contribution in [0.3, 0.4) is 0 Å². The van der Waals surface area contributed by atoms with E-state index in [-0.39, 0.29) is 23.6 Å². The third-order valence-corrected chi connectivity index (χ3v) is 5.60. The summed E-state index contributed by atoms with van der Waals surface area (Å²) < 4.78 is 23.4. The lowest BCUT2D eigenvalue weighted by atomic mass is 10.1. The molecule has 1 aromatic heterocycles. The second-order valence-electron chi connectivity index (χ2n) is 5.15. The van der Waals surface area contributed by atoms with Crippen LogP contribution < -0.4 is 5.32 Å². The highest BCUT2D eigenvalue weighted by molar-refractivity contribution is 7.91. The van der Waals surface area contributed by atoms with Gasteiger partial charge < -0.3 is 10.3 Å². The minimum absolute atomic E-state index is 0.0861. The van der Waals surface area contributed by atoms with E-state index in [9.17, 15) is 8.42 Å². The number of piperazine rings is 1. The van der Waals surface area contributed by atoms with E-state index in [4.69, 9.17) is 0 Å². The van der Waals surface area contributed by atoms with Crippen LogP contribution in [0.2, 0.25) is 0 Å². The molecule has 0 saturated carbocycles. The van der Waals surface area contributed by atoms with Crippen molar-refractivity contribution in [2.75, 3.05) is 24.6 Å². The van der Waals surface area contributed by atoms with E-state index in [1.54, 1.807) is 6.33 Å². The SMILES string of the molecule is Cc1[nH]cnc1CN1CCN[C@@H]2CS(=O)(=O)C[C@H]21. The Labute approximate surface area is 107 Å². The fourth-order valence-electron chi connectivity index (χ4n) is 2.88. The number of imidazole rings is 1. The Kier molecular flexibility index (Phi) is 2.91. The minimum Gasteiger partial charge on any atom is -0.348 e. The molecule has 0 amide bonds. The first-order valence-electron chi connectivity index (χ1n) is 6.22. The molecule has 0 aromatic carbocycles. The van der Waals surface area contributed by atoms with Gasteiger partial charge in [-0.1, -0.05) is 0 Å². The van der Waals surface area contributed by atoms with Crippen LogP contribution in [-0.4, -0.2) is 60.0 Å². The molecule has 0 radical (unpaired) electrons. The second-order valence-corrected chi connectivity index (χ2v) is 7.30. The summed E-state index contributed by atoms with van der Waals surface area (Å²) >= 11 is 0. The van der Waals surface area contributed by atoms with E-state index in [0.29, 0.717) is 0 Å². The smallest absolute Gasteiger partial charge is 0.153 e. The van der Waals surface area contributed by atoms with Gasteiger partial charge >= 0.3 is 0 Å². The highest BCUT2D eigenvalue weighted by Crippen LogP contribution is 2.23. The van der Waals surface area contributed by atoms with Gasteiger partial charge in [0, 0.05) is 37.4 Å². The molecule has 0 unspecified atom stereocenters. The summed E-state index contributed by atoms with van der Waals surface area (Å²) in [4.78, 5) is 9.60. The zero-order valence-corrected chi connectivity index (χ0v) is 11.2. The van der Waals surface area contributed by atoms with E-state index >= 15 is 0 Å². The van der Waals surface area contributed by atoms with Crippen molar-refractivity contribution < 1.29 is 8.42 Å². The third kappa shape index (κ3) is 2.17. The number of hydrogen-bond donors (Lipinski definition) is 2. The van der Waals surface area contributed by atoms with Gasteiger partial charge in [0.25, 0.3) is 0 Å². The molecule has 0 aliphatic carbocycles. The Morgan fingerprint density at radius 1 is 1.50 bits per heavy atom. The summed E-state index contributed by atoms with van der Waals surface area (Å²) in [6, 6.07) is 0.183. The lowest BCUT2D eigenvalue weighted by Gasteiger charge is -2.37. The molecule has 18 heavy (non-hydrogen) atoms. The molecule has 2 aliphatic rings.